The summed E-state index contributed by atoms with van der Waals surface area (Å²) in [6, 6.07) is 55.8. The third-order valence-electron chi connectivity index (χ3n) is 13.5. The first kappa shape index (κ1) is 33.0. The Kier molecular flexibility index (Phi) is 6.82. The fourth-order valence-corrected chi connectivity index (χ4v) is 9.94. The number of aromatic nitrogens is 1. The highest BCUT2D eigenvalue weighted by Gasteiger charge is 2.43. The van der Waals surface area contributed by atoms with Crippen molar-refractivity contribution in [2.24, 2.45) is 0 Å². The van der Waals surface area contributed by atoms with Gasteiger partial charge in [0.25, 0.3) is 0 Å². The average Bonchev–Trinajstić information content (AvgIpc) is 3.88. The number of hydrogen-bond acceptors (Lipinski definition) is 1. The lowest BCUT2D eigenvalue weighted by molar-refractivity contribution is 0.637. The molecule has 0 saturated carbocycles. The number of hydrogen-bond donors (Lipinski definition) is 0. The van der Waals surface area contributed by atoms with E-state index in [1.165, 1.54) is 94.3 Å². The lowest BCUT2D eigenvalue weighted by Gasteiger charge is -2.23. The Morgan fingerprint density at radius 2 is 0.875 bits per heavy atom. The molecule has 11 rings (SSSR count). The number of allylic oxidation sites excluding steroid dienone is 4. The van der Waals surface area contributed by atoms with Gasteiger partial charge in [-0.3, -0.25) is 0 Å². The van der Waals surface area contributed by atoms with Gasteiger partial charge in [-0.1, -0.05) is 136 Å². The van der Waals surface area contributed by atoms with Crippen LogP contribution in [-0.2, 0) is 10.8 Å². The summed E-state index contributed by atoms with van der Waals surface area (Å²) >= 11 is 0. The van der Waals surface area contributed by atoms with Crippen molar-refractivity contribution < 1.29 is 4.42 Å². The zero-order valence-electron chi connectivity index (χ0n) is 32.8. The van der Waals surface area contributed by atoms with E-state index in [2.05, 4.69) is 198 Å². The summed E-state index contributed by atoms with van der Waals surface area (Å²) in [6.45, 7) is 14.3. The average molecular weight is 722 g/mol. The van der Waals surface area contributed by atoms with Gasteiger partial charge in [-0.2, -0.15) is 0 Å². The smallest absolute Gasteiger partial charge is 0.135 e. The summed E-state index contributed by atoms with van der Waals surface area (Å²) in [5.41, 5.74) is 21.2. The maximum Gasteiger partial charge on any atom is 0.135 e. The SMILES string of the molecule is CC1=C(C2=C(C)C(C)(C)c3ccc(-n4c5ccccc5c5ccccc54)cc32)c2cc(-c3ccc4oc5ccc(-c6ccccc6)cc5c4c3)ccc2C1(C)C. The summed E-state index contributed by atoms with van der Waals surface area (Å²) in [6.07, 6.45) is 0. The second-order valence-corrected chi connectivity index (χ2v) is 17.0. The molecule has 2 aliphatic carbocycles. The molecule has 0 atom stereocenters. The van der Waals surface area contributed by atoms with E-state index >= 15 is 0 Å². The van der Waals surface area contributed by atoms with E-state index in [9.17, 15) is 0 Å². The van der Waals surface area contributed by atoms with Gasteiger partial charge >= 0.3 is 0 Å². The van der Waals surface area contributed by atoms with E-state index in [0.29, 0.717) is 0 Å². The number of nitrogens with zero attached hydrogens (tertiary/aromatic N) is 1. The highest BCUT2D eigenvalue weighted by atomic mass is 16.3. The summed E-state index contributed by atoms with van der Waals surface area (Å²) in [5.74, 6) is 0. The third kappa shape index (κ3) is 4.50. The molecule has 0 bridgehead atoms. The highest BCUT2D eigenvalue weighted by molar-refractivity contribution is 6.14. The summed E-state index contributed by atoms with van der Waals surface area (Å²) in [4.78, 5) is 0. The van der Waals surface area contributed by atoms with Gasteiger partial charge in [0, 0.05) is 38.1 Å². The first-order chi connectivity index (χ1) is 27.1. The molecular weight excluding hydrogens is 679 g/mol. The molecule has 2 nitrogen and oxygen atoms in total. The highest BCUT2D eigenvalue weighted by Crippen LogP contribution is 2.58. The molecule has 0 saturated heterocycles. The lowest BCUT2D eigenvalue weighted by atomic mass is 9.81. The minimum atomic E-state index is -0.105. The van der Waals surface area contributed by atoms with Crippen LogP contribution in [-0.4, -0.2) is 4.57 Å². The number of para-hydroxylation sites is 2. The lowest BCUT2D eigenvalue weighted by Crippen LogP contribution is -2.15. The standard InChI is InChI=1S/C54H43NO/c1-32-51(52-33(2)54(5,6)46-25-23-38(31-44(46)52)55-47-18-12-10-16-39(47)40-17-11-13-19-48(40)55)43-30-36(20-24-45(43)53(32,3)4)37-22-27-50-42(29-37)41-28-35(21-26-49(41)56-50)34-14-8-7-9-15-34/h7-31H,1-6H3. The second kappa shape index (κ2) is 11.6. The van der Waals surface area contributed by atoms with Crippen LogP contribution in [0.2, 0.25) is 0 Å². The fourth-order valence-electron chi connectivity index (χ4n) is 9.94. The van der Waals surface area contributed by atoms with Gasteiger partial charge in [0.1, 0.15) is 11.2 Å². The maximum absolute atomic E-state index is 6.37. The van der Waals surface area contributed by atoms with Gasteiger partial charge in [0.15, 0.2) is 0 Å². The first-order valence-electron chi connectivity index (χ1n) is 19.8. The quantitative estimate of drug-likeness (QED) is 0.177. The van der Waals surface area contributed by atoms with Crippen molar-refractivity contribution in [1.82, 2.24) is 4.57 Å². The predicted molar refractivity (Wildman–Crippen MR) is 237 cm³/mol. The largest absolute Gasteiger partial charge is 0.456 e. The van der Waals surface area contributed by atoms with Crippen molar-refractivity contribution in [3.05, 3.63) is 185 Å². The summed E-state index contributed by atoms with van der Waals surface area (Å²) in [5, 5.41) is 4.86. The molecule has 0 amide bonds. The van der Waals surface area contributed by atoms with Gasteiger partial charge in [0.05, 0.1) is 11.0 Å². The van der Waals surface area contributed by atoms with Crippen LogP contribution in [0.3, 0.4) is 0 Å². The van der Waals surface area contributed by atoms with Crippen LogP contribution in [0, 0.1) is 0 Å². The van der Waals surface area contributed by atoms with E-state index in [0.717, 1.165) is 21.9 Å². The molecule has 9 aromatic rings. The number of fused-ring (bicyclic) bond motifs is 8. The minimum Gasteiger partial charge on any atom is -0.456 e. The van der Waals surface area contributed by atoms with E-state index in [1.807, 2.05) is 0 Å². The van der Waals surface area contributed by atoms with E-state index in [-0.39, 0.29) is 10.8 Å². The van der Waals surface area contributed by atoms with E-state index in [1.54, 1.807) is 0 Å². The van der Waals surface area contributed by atoms with Crippen LogP contribution in [0.4, 0.5) is 0 Å². The zero-order valence-corrected chi connectivity index (χ0v) is 32.8. The van der Waals surface area contributed by atoms with Gasteiger partial charge in [0.2, 0.25) is 0 Å². The van der Waals surface area contributed by atoms with Crippen molar-refractivity contribution >= 4 is 54.9 Å². The molecule has 0 N–H and O–H groups in total. The fraction of sp³-hybridized carbons (Fsp3) is 0.148. The molecule has 56 heavy (non-hydrogen) atoms. The molecule has 2 aromatic heterocycles. The molecule has 270 valence electrons. The molecule has 0 aliphatic heterocycles. The van der Waals surface area contributed by atoms with Crippen LogP contribution in [0.25, 0.3) is 82.8 Å². The Balaban J connectivity index is 1.07. The molecule has 7 aromatic carbocycles. The molecule has 2 heteroatoms. The zero-order chi connectivity index (χ0) is 38.1. The molecule has 2 aliphatic rings. The Hall–Kier alpha value is -6.38. The molecule has 0 radical (unpaired) electrons. The predicted octanol–water partition coefficient (Wildman–Crippen LogP) is 14.8. The van der Waals surface area contributed by atoms with Gasteiger partial charge in [-0.15, -0.1) is 0 Å². The van der Waals surface area contributed by atoms with Crippen LogP contribution < -0.4 is 0 Å². The molecule has 0 spiro atoms. The van der Waals surface area contributed by atoms with Crippen LogP contribution in [0.15, 0.2) is 167 Å². The number of rotatable bonds is 4. The Labute approximate surface area is 328 Å². The Morgan fingerprint density at radius 3 is 1.46 bits per heavy atom. The van der Waals surface area contributed by atoms with Crippen LogP contribution >= 0.6 is 0 Å². The summed E-state index contributed by atoms with van der Waals surface area (Å²) in [7, 11) is 0. The van der Waals surface area contributed by atoms with Crippen LogP contribution in [0.1, 0.15) is 63.8 Å². The molecular formula is C54H43NO. The molecule has 0 unspecified atom stereocenters. The van der Waals surface area contributed by atoms with Gasteiger partial charge in [-0.25, -0.2) is 0 Å². The number of furan rings is 1. The van der Waals surface area contributed by atoms with Crippen LogP contribution in [0.5, 0.6) is 0 Å². The second-order valence-electron chi connectivity index (χ2n) is 17.0. The van der Waals surface area contributed by atoms with Crippen molar-refractivity contribution in [1.29, 1.82) is 0 Å². The van der Waals surface area contributed by atoms with E-state index < -0.39 is 0 Å². The molecule has 0 fully saturated rings. The monoisotopic (exact) mass is 721 g/mol. The normalized spacial score (nSPS) is 15.8. The third-order valence-corrected chi connectivity index (χ3v) is 13.5. The van der Waals surface area contributed by atoms with E-state index in [4.69, 9.17) is 4.42 Å². The Bertz CT molecular complexity index is 3140. The van der Waals surface area contributed by atoms with Gasteiger partial charge < -0.3 is 8.98 Å². The topological polar surface area (TPSA) is 18.1 Å². The van der Waals surface area contributed by atoms with Crippen molar-refractivity contribution in [2.75, 3.05) is 0 Å². The maximum atomic E-state index is 6.37. The first-order valence-corrected chi connectivity index (χ1v) is 19.8. The van der Waals surface area contributed by atoms with Crippen molar-refractivity contribution in [2.45, 2.75) is 52.4 Å². The number of benzene rings is 7. The van der Waals surface area contributed by atoms with Crippen molar-refractivity contribution in [3.63, 3.8) is 0 Å². The Morgan fingerprint density at radius 1 is 0.411 bits per heavy atom. The summed E-state index contributed by atoms with van der Waals surface area (Å²) < 4.78 is 8.82. The van der Waals surface area contributed by atoms with Crippen molar-refractivity contribution in [3.8, 4) is 27.9 Å². The molecule has 2 heterocycles. The van der Waals surface area contributed by atoms with Gasteiger partial charge in [-0.05, 0) is 124 Å². The minimum absolute atomic E-state index is 0.103.